The number of aryl methyl sites for hydroxylation is 1. The molecule has 0 amide bonds. The summed E-state index contributed by atoms with van der Waals surface area (Å²) >= 11 is 0. The Morgan fingerprint density at radius 1 is 1.35 bits per heavy atom. The number of carbonyl (C=O) groups excluding carboxylic acids is 2. The summed E-state index contributed by atoms with van der Waals surface area (Å²) in [6.07, 6.45) is -0.107. The number of benzene rings is 1. The molecule has 1 aromatic carbocycles. The molecular weight excluding hydrogens is 223 g/mol. The third-order valence-electron chi connectivity index (χ3n) is 2.27. The van der Waals surface area contributed by atoms with Crippen LogP contribution >= 0.6 is 0 Å². The fourth-order valence-electron chi connectivity index (χ4n) is 1.48. The molecule has 92 valence electrons. The van der Waals surface area contributed by atoms with Crippen LogP contribution in [-0.2, 0) is 20.7 Å². The van der Waals surface area contributed by atoms with E-state index in [1.807, 2.05) is 0 Å². The molecule has 1 rings (SSSR count). The Labute approximate surface area is 99.6 Å². The molecule has 0 aliphatic heterocycles. The molecule has 0 radical (unpaired) electrons. The summed E-state index contributed by atoms with van der Waals surface area (Å²) in [5, 5.41) is 0. The second-order valence-corrected chi connectivity index (χ2v) is 3.78. The summed E-state index contributed by atoms with van der Waals surface area (Å²) in [6.45, 7) is 3.59. The Hall–Kier alpha value is -1.71. The average molecular weight is 238 g/mol. The molecule has 0 aliphatic carbocycles. The Morgan fingerprint density at radius 2 is 2.06 bits per heavy atom. The number of hydrogen-bond donors (Lipinski definition) is 0. The molecule has 0 atom stereocenters. The Balaban J connectivity index is 2.56. The van der Waals surface area contributed by atoms with E-state index in [4.69, 9.17) is 0 Å². The zero-order chi connectivity index (χ0) is 12.8. The van der Waals surface area contributed by atoms with Gasteiger partial charge in [0.15, 0.2) is 0 Å². The van der Waals surface area contributed by atoms with Crippen LogP contribution < -0.4 is 0 Å². The third kappa shape index (κ3) is 4.34. The van der Waals surface area contributed by atoms with Crippen molar-refractivity contribution in [3.63, 3.8) is 0 Å². The van der Waals surface area contributed by atoms with Crippen LogP contribution in [-0.4, -0.2) is 18.4 Å². The molecule has 1 aromatic rings. The summed E-state index contributed by atoms with van der Waals surface area (Å²) in [6, 6.07) is 4.48. The summed E-state index contributed by atoms with van der Waals surface area (Å²) in [4.78, 5) is 22.6. The number of halogens is 1. The maximum absolute atomic E-state index is 13.0. The Bertz CT molecular complexity index is 427. The molecule has 0 fully saturated rings. The minimum atomic E-state index is -0.517. The van der Waals surface area contributed by atoms with Crippen molar-refractivity contribution in [1.82, 2.24) is 0 Å². The first-order valence-electron chi connectivity index (χ1n) is 5.45. The van der Waals surface area contributed by atoms with Crippen LogP contribution in [0, 0.1) is 12.7 Å². The first kappa shape index (κ1) is 13.4. The number of esters is 1. The number of carbonyl (C=O) groups is 2. The smallest absolute Gasteiger partial charge is 0.313 e. The molecule has 0 spiro atoms. The fraction of sp³-hybridized carbons (Fsp3) is 0.385. The number of Topliss-reactive ketones (excluding diaryl/α,β-unsaturated/α-hetero) is 1. The zero-order valence-corrected chi connectivity index (χ0v) is 9.96. The lowest BCUT2D eigenvalue weighted by atomic mass is 10.0. The van der Waals surface area contributed by atoms with E-state index >= 15 is 0 Å². The van der Waals surface area contributed by atoms with Gasteiger partial charge in [0, 0.05) is 6.42 Å². The van der Waals surface area contributed by atoms with Crippen molar-refractivity contribution >= 4 is 11.8 Å². The lowest BCUT2D eigenvalue weighted by Gasteiger charge is -2.03. The standard InChI is InChI=1S/C13H15FO3/c1-3-17-13(16)8-11(15)7-10-4-5-12(14)9(2)6-10/h4-6H,3,7-8H2,1-2H3. The van der Waals surface area contributed by atoms with Crippen LogP contribution in [0.4, 0.5) is 4.39 Å². The van der Waals surface area contributed by atoms with Crippen molar-refractivity contribution in [1.29, 1.82) is 0 Å². The summed E-state index contributed by atoms with van der Waals surface area (Å²) < 4.78 is 17.7. The molecule has 0 saturated heterocycles. The number of ether oxygens (including phenoxy) is 1. The largest absolute Gasteiger partial charge is 0.466 e. The Kier molecular flexibility index (Phi) is 4.82. The lowest BCUT2D eigenvalue weighted by molar-refractivity contribution is -0.145. The van der Waals surface area contributed by atoms with Gasteiger partial charge in [0.2, 0.25) is 0 Å². The second-order valence-electron chi connectivity index (χ2n) is 3.78. The minimum Gasteiger partial charge on any atom is -0.466 e. The second kappa shape index (κ2) is 6.13. The van der Waals surface area contributed by atoms with Gasteiger partial charge in [-0.2, -0.15) is 0 Å². The molecule has 0 aromatic heterocycles. The third-order valence-corrected chi connectivity index (χ3v) is 2.27. The fourth-order valence-corrected chi connectivity index (χ4v) is 1.48. The summed E-state index contributed by atoms with van der Waals surface area (Å²) in [5.41, 5.74) is 1.20. The first-order chi connectivity index (χ1) is 8.02. The van der Waals surface area contributed by atoms with E-state index in [0.717, 1.165) is 0 Å². The van der Waals surface area contributed by atoms with Crippen molar-refractivity contribution in [2.24, 2.45) is 0 Å². The van der Waals surface area contributed by atoms with E-state index in [0.29, 0.717) is 11.1 Å². The van der Waals surface area contributed by atoms with E-state index in [-0.39, 0.29) is 31.0 Å². The van der Waals surface area contributed by atoms with Crippen LogP contribution in [0.2, 0.25) is 0 Å². The zero-order valence-electron chi connectivity index (χ0n) is 9.96. The van der Waals surface area contributed by atoms with E-state index in [1.54, 1.807) is 26.0 Å². The van der Waals surface area contributed by atoms with E-state index < -0.39 is 5.97 Å². The van der Waals surface area contributed by atoms with Crippen LogP contribution in [0.25, 0.3) is 0 Å². The number of ketones is 1. The molecule has 0 N–H and O–H groups in total. The normalized spacial score (nSPS) is 10.1. The lowest BCUT2D eigenvalue weighted by Crippen LogP contribution is -2.13. The Morgan fingerprint density at radius 3 is 2.65 bits per heavy atom. The van der Waals surface area contributed by atoms with Crippen molar-refractivity contribution in [3.05, 3.63) is 35.1 Å². The van der Waals surface area contributed by atoms with Crippen molar-refractivity contribution in [2.45, 2.75) is 26.7 Å². The number of rotatable bonds is 5. The average Bonchev–Trinajstić information content (AvgIpc) is 2.23. The molecule has 0 bridgehead atoms. The predicted octanol–water partition coefficient (Wildman–Crippen LogP) is 2.20. The van der Waals surface area contributed by atoms with Gasteiger partial charge in [0.1, 0.15) is 18.0 Å². The molecule has 17 heavy (non-hydrogen) atoms. The highest BCUT2D eigenvalue weighted by atomic mass is 19.1. The summed E-state index contributed by atoms with van der Waals surface area (Å²) in [5.74, 6) is -1.04. The van der Waals surface area contributed by atoms with E-state index in [1.165, 1.54) is 6.07 Å². The molecule has 0 saturated carbocycles. The van der Waals surface area contributed by atoms with Crippen molar-refractivity contribution < 1.29 is 18.7 Å². The van der Waals surface area contributed by atoms with Crippen LogP contribution in [0.15, 0.2) is 18.2 Å². The highest BCUT2D eigenvalue weighted by Crippen LogP contribution is 2.10. The van der Waals surface area contributed by atoms with Crippen molar-refractivity contribution in [2.75, 3.05) is 6.61 Å². The molecule has 0 aliphatic rings. The SMILES string of the molecule is CCOC(=O)CC(=O)Cc1ccc(F)c(C)c1. The van der Waals surface area contributed by atoms with Gasteiger partial charge < -0.3 is 4.74 Å². The van der Waals surface area contributed by atoms with Gasteiger partial charge >= 0.3 is 5.97 Å². The monoisotopic (exact) mass is 238 g/mol. The predicted molar refractivity (Wildman–Crippen MR) is 61.1 cm³/mol. The van der Waals surface area contributed by atoms with E-state index in [9.17, 15) is 14.0 Å². The molecule has 0 unspecified atom stereocenters. The van der Waals surface area contributed by atoms with Gasteiger partial charge in [0.25, 0.3) is 0 Å². The number of hydrogen-bond acceptors (Lipinski definition) is 3. The van der Waals surface area contributed by atoms with Crippen LogP contribution in [0.5, 0.6) is 0 Å². The molecule has 4 heteroatoms. The van der Waals surface area contributed by atoms with Crippen LogP contribution in [0.1, 0.15) is 24.5 Å². The van der Waals surface area contributed by atoms with E-state index in [2.05, 4.69) is 4.74 Å². The van der Waals surface area contributed by atoms with Gasteiger partial charge in [-0.3, -0.25) is 9.59 Å². The summed E-state index contributed by atoms with van der Waals surface area (Å²) in [7, 11) is 0. The maximum Gasteiger partial charge on any atom is 0.313 e. The van der Waals surface area contributed by atoms with Gasteiger partial charge in [0.05, 0.1) is 6.61 Å². The topological polar surface area (TPSA) is 43.4 Å². The van der Waals surface area contributed by atoms with Gasteiger partial charge in [-0.15, -0.1) is 0 Å². The molecule has 0 heterocycles. The first-order valence-corrected chi connectivity index (χ1v) is 5.45. The quantitative estimate of drug-likeness (QED) is 0.583. The minimum absolute atomic E-state index is 0.125. The van der Waals surface area contributed by atoms with Gasteiger partial charge in [-0.25, -0.2) is 4.39 Å². The molecule has 3 nitrogen and oxygen atoms in total. The van der Waals surface area contributed by atoms with Crippen LogP contribution in [0.3, 0.4) is 0 Å². The van der Waals surface area contributed by atoms with Gasteiger partial charge in [-0.05, 0) is 31.0 Å². The van der Waals surface area contributed by atoms with Gasteiger partial charge in [-0.1, -0.05) is 12.1 Å². The molecular formula is C13H15FO3. The highest BCUT2D eigenvalue weighted by Gasteiger charge is 2.11. The highest BCUT2D eigenvalue weighted by molar-refractivity contribution is 5.96. The van der Waals surface area contributed by atoms with Crippen molar-refractivity contribution in [3.8, 4) is 0 Å². The maximum atomic E-state index is 13.0.